The molecule has 2 aliphatic heterocycles. The van der Waals surface area contributed by atoms with Crippen molar-refractivity contribution in [2.45, 2.75) is 55.0 Å². The number of likely N-dealkylation sites (tertiary alicyclic amines) is 1. The van der Waals surface area contributed by atoms with Crippen molar-refractivity contribution in [2.24, 2.45) is 5.92 Å². The van der Waals surface area contributed by atoms with Crippen LogP contribution in [0.2, 0.25) is 5.02 Å². The van der Waals surface area contributed by atoms with Crippen LogP contribution in [-0.4, -0.2) is 29.9 Å². The van der Waals surface area contributed by atoms with E-state index in [0.717, 1.165) is 36.6 Å². The summed E-state index contributed by atoms with van der Waals surface area (Å²) in [4.78, 5) is 20.3. The molecule has 0 saturated carbocycles. The third kappa shape index (κ3) is 4.64. The van der Waals surface area contributed by atoms with Crippen LogP contribution in [0.3, 0.4) is 0 Å². The lowest BCUT2D eigenvalue weighted by atomic mass is 9.88. The molecule has 5 rings (SSSR count). The molecular weight excluding hydrogens is 460 g/mol. The number of amides is 1. The number of anilines is 1. The molecule has 0 spiro atoms. The number of hydrogen-bond acceptors (Lipinski definition) is 3. The van der Waals surface area contributed by atoms with Crippen LogP contribution in [0.25, 0.3) is 0 Å². The van der Waals surface area contributed by atoms with Gasteiger partial charge in [0, 0.05) is 52.1 Å². The van der Waals surface area contributed by atoms with Crippen molar-refractivity contribution in [3.05, 3.63) is 88.9 Å². The Balaban J connectivity index is 1.44. The van der Waals surface area contributed by atoms with Gasteiger partial charge in [0.2, 0.25) is 5.91 Å². The Morgan fingerprint density at radius 2 is 1.82 bits per heavy atom. The van der Waals surface area contributed by atoms with Crippen LogP contribution in [0, 0.1) is 5.92 Å². The van der Waals surface area contributed by atoms with Gasteiger partial charge in [-0.2, -0.15) is 0 Å². The lowest BCUT2D eigenvalue weighted by Gasteiger charge is -2.45. The number of carbonyl (C=O) groups excluding carboxylic acids is 1. The summed E-state index contributed by atoms with van der Waals surface area (Å²) in [5, 5.41) is 0.794. The van der Waals surface area contributed by atoms with E-state index in [9.17, 15) is 4.79 Å². The predicted molar refractivity (Wildman–Crippen MR) is 142 cm³/mol. The Bertz CT molecular complexity index is 1170. The van der Waals surface area contributed by atoms with Crippen molar-refractivity contribution < 1.29 is 4.79 Å². The van der Waals surface area contributed by atoms with Crippen molar-refractivity contribution >= 4 is 35.0 Å². The molecule has 0 aliphatic carbocycles. The zero-order chi connectivity index (χ0) is 23.7. The molecule has 3 aromatic rings. The number of fused-ring (bicyclic) bond motifs is 2. The van der Waals surface area contributed by atoms with E-state index in [1.165, 1.54) is 20.9 Å². The van der Waals surface area contributed by atoms with Crippen LogP contribution in [0.1, 0.15) is 43.9 Å². The van der Waals surface area contributed by atoms with E-state index >= 15 is 0 Å². The maximum Gasteiger partial charge on any atom is 0.226 e. The number of halogens is 1. The van der Waals surface area contributed by atoms with E-state index in [2.05, 4.69) is 65.3 Å². The molecule has 3 aromatic carbocycles. The van der Waals surface area contributed by atoms with Gasteiger partial charge in [0.15, 0.2) is 0 Å². The van der Waals surface area contributed by atoms with Crippen LogP contribution in [0.5, 0.6) is 0 Å². The molecule has 3 unspecified atom stereocenters. The molecule has 0 N–H and O–H groups in total. The minimum atomic E-state index is 0.202. The number of piperidine rings is 1. The highest BCUT2D eigenvalue weighted by Crippen LogP contribution is 2.44. The average molecular weight is 491 g/mol. The zero-order valence-corrected chi connectivity index (χ0v) is 21.4. The Kier molecular flexibility index (Phi) is 7.01. The molecule has 0 radical (unpaired) electrons. The third-order valence-corrected chi connectivity index (χ3v) is 8.65. The summed E-state index contributed by atoms with van der Waals surface area (Å²) in [5.74, 6) is 0.562. The lowest BCUT2D eigenvalue weighted by molar-refractivity contribution is -0.119. The summed E-state index contributed by atoms with van der Waals surface area (Å²) in [6, 6.07) is 25.7. The molecular formula is C29H31ClN2OS. The largest absolute Gasteiger partial charge is 0.309 e. The number of hydrogen-bond donors (Lipinski definition) is 0. The van der Waals surface area contributed by atoms with Gasteiger partial charge in [0.25, 0.3) is 0 Å². The quantitative estimate of drug-likeness (QED) is 0.385. The molecule has 2 aliphatic rings. The fourth-order valence-electron chi connectivity index (χ4n) is 5.52. The molecule has 0 aromatic heterocycles. The molecule has 1 saturated heterocycles. The Morgan fingerprint density at radius 1 is 1.06 bits per heavy atom. The van der Waals surface area contributed by atoms with Gasteiger partial charge in [-0.25, -0.2) is 0 Å². The highest BCUT2D eigenvalue weighted by Gasteiger charge is 2.37. The lowest BCUT2D eigenvalue weighted by Crippen LogP contribution is -2.53. The van der Waals surface area contributed by atoms with Gasteiger partial charge in [0.05, 0.1) is 0 Å². The van der Waals surface area contributed by atoms with E-state index < -0.39 is 0 Å². The smallest absolute Gasteiger partial charge is 0.226 e. The topological polar surface area (TPSA) is 23.6 Å². The number of benzene rings is 3. The van der Waals surface area contributed by atoms with Crippen LogP contribution in [0.4, 0.5) is 5.69 Å². The van der Waals surface area contributed by atoms with Gasteiger partial charge >= 0.3 is 0 Å². The summed E-state index contributed by atoms with van der Waals surface area (Å²) in [6.07, 6.45) is 2.46. The van der Waals surface area contributed by atoms with Gasteiger partial charge in [-0.3, -0.25) is 9.69 Å². The van der Waals surface area contributed by atoms with Crippen molar-refractivity contribution in [1.82, 2.24) is 4.90 Å². The fourth-order valence-corrected chi connectivity index (χ4v) is 6.81. The van der Waals surface area contributed by atoms with Crippen LogP contribution in [-0.2, 0) is 11.2 Å². The van der Waals surface area contributed by atoms with E-state index in [1.54, 1.807) is 0 Å². The van der Waals surface area contributed by atoms with E-state index in [-0.39, 0.29) is 18.0 Å². The normalized spacial score (nSPS) is 22.4. The van der Waals surface area contributed by atoms with Crippen LogP contribution >= 0.6 is 23.4 Å². The Morgan fingerprint density at radius 3 is 2.59 bits per heavy atom. The molecule has 5 heteroatoms. The van der Waals surface area contributed by atoms with Gasteiger partial charge in [-0.05, 0) is 66.3 Å². The number of para-hydroxylation sites is 1. The Labute approximate surface area is 212 Å². The fraction of sp³-hybridized carbons (Fsp3) is 0.345. The second-order valence-corrected chi connectivity index (χ2v) is 10.9. The highest BCUT2D eigenvalue weighted by molar-refractivity contribution is 7.99. The summed E-state index contributed by atoms with van der Waals surface area (Å²) in [6.45, 7) is 6.17. The van der Waals surface area contributed by atoms with Crippen molar-refractivity contribution in [2.75, 3.05) is 18.0 Å². The van der Waals surface area contributed by atoms with Gasteiger partial charge in [-0.15, -0.1) is 0 Å². The summed E-state index contributed by atoms with van der Waals surface area (Å²) in [7, 11) is 0. The standard InChI is InChI=1S/C29H31ClN2OS/c1-3-29(33)32(23-10-5-4-6-11-23)25-15-16-31(19-20(25)2)26-17-21-9-7-8-12-27(21)34-28-14-13-22(30)18-24(26)28/h4-14,18,20,25-26H,3,15-17,19H2,1-2H3. The van der Waals surface area contributed by atoms with Gasteiger partial charge < -0.3 is 4.90 Å². The molecule has 176 valence electrons. The minimum Gasteiger partial charge on any atom is -0.309 e. The Hall–Kier alpha value is -2.27. The SMILES string of the molecule is CCC(=O)N(c1ccccc1)C1CCN(C2Cc3ccccc3Sc3ccc(Cl)cc32)CC1C. The second-order valence-electron chi connectivity index (χ2n) is 9.39. The first kappa shape index (κ1) is 23.5. The molecule has 1 amide bonds. The van der Waals surface area contributed by atoms with E-state index in [4.69, 9.17) is 11.6 Å². The van der Waals surface area contributed by atoms with Gasteiger partial charge in [-0.1, -0.05) is 73.6 Å². The van der Waals surface area contributed by atoms with Crippen LogP contribution in [0.15, 0.2) is 82.6 Å². The molecule has 2 heterocycles. The summed E-state index contributed by atoms with van der Waals surface area (Å²) < 4.78 is 0. The van der Waals surface area contributed by atoms with Crippen molar-refractivity contribution in [3.8, 4) is 0 Å². The first-order valence-corrected chi connectivity index (χ1v) is 13.4. The number of nitrogens with zero attached hydrogens (tertiary/aromatic N) is 2. The number of rotatable bonds is 4. The van der Waals surface area contributed by atoms with Gasteiger partial charge in [0.1, 0.15) is 0 Å². The minimum absolute atomic E-state index is 0.202. The highest BCUT2D eigenvalue weighted by atomic mass is 35.5. The van der Waals surface area contributed by atoms with Crippen molar-refractivity contribution in [3.63, 3.8) is 0 Å². The second kappa shape index (κ2) is 10.2. The summed E-state index contributed by atoms with van der Waals surface area (Å²) >= 11 is 8.34. The average Bonchev–Trinajstić information content (AvgIpc) is 3.02. The van der Waals surface area contributed by atoms with E-state index in [0.29, 0.717) is 12.3 Å². The summed E-state index contributed by atoms with van der Waals surface area (Å²) in [5.41, 5.74) is 3.73. The number of carbonyl (C=O) groups is 1. The maximum atomic E-state index is 13.0. The first-order valence-electron chi connectivity index (χ1n) is 12.2. The molecule has 0 bridgehead atoms. The van der Waals surface area contributed by atoms with Crippen LogP contribution < -0.4 is 4.90 Å². The molecule has 34 heavy (non-hydrogen) atoms. The predicted octanol–water partition coefficient (Wildman–Crippen LogP) is 7.24. The third-order valence-electron chi connectivity index (χ3n) is 7.21. The molecule has 3 nitrogen and oxygen atoms in total. The van der Waals surface area contributed by atoms with E-state index in [1.807, 2.05) is 43.0 Å². The maximum absolute atomic E-state index is 13.0. The van der Waals surface area contributed by atoms with Crippen molar-refractivity contribution in [1.29, 1.82) is 0 Å². The monoisotopic (exact) mass is 490 g/mol. The molecule has 1 fully saturated rings. The molecule has 3 atom stereocenters. The first-order chi connectivity index (χ1) is 16.5. The zero-order valence-electron chi connectivity index (χ0n) is 19.8.